The zero-order valence-electron chi connectivity index (χ0n) is 13.1. The van der Waals surface area contributed by atoms with Crippen molar-refractivity contribution >= 4 is 25.5 Å². The summed E-state index contributed by atoms with van der Waals surface area (Å²) in [5.74, 6) is 0. The summed E-state index contributed by atoms with van der Waals surface area (Å²) in [6.07, 6.45) is 3.89. The van der Waals surface area contributed by atoms with Crippen LogP contribution in [0.4, 0.5) is 0 Å². The lowest BCUT2D eigenvalue weighted by Crippen LogP contribution is -2.43. The van der Waals surface area contributed by atoms with Gasteiger partial charge >= 0.3 is 9.04 Å². The van der Waals surface area contributed by atoms with Gasteiger partial charge < -0.3 is 4.43 Å². The second-order valence-corrected chi connectivity index (χ2v) is 7.39. The molecule has 0 spiro atoms. The van der Waals surface area contributed by atoms with Crippen LogP contribution in [0.5, 0.6) is 0 Å². The summed E-state index contributed by atoms with van der Waals surface area (Å²) in [4.78, 5) is 0. The molecule has 0 amide bonds. The molecule has 0 aromatic heterocycles. The predicted octanol–water partition coefficient (Wildman–Crippen LogP) is 3.79. The van der Waals surface area contributed by atoms with Gasteiger partial charge in [-0.1, -0.05) is 84.9 Å². The van der Waals surface area contributed by atoms with E-state index in [0.717, 1.165) is 0 Å². The summed E-state index contributed by atoms with van der Waals surface area (Å²) in [6, 6.07) is 29.2. The monoisotopic (exact) mass is 315 g/mol. The minimum absolute atomic E-state index is 1.19. The minimum atomic E-state index is -1.27. The van der Waals surface area contributed by atoms with Crippen molar-refractivity contribution in [1.82, 2.24) is 0 Å². The Morgan fingerprint density at radius 2 is 1.22 bits per heavy atom. The van der Waals surface area contributed by atoms with Crippen LogP contribution in [0.2, 0.25) is 0 Å². The average molecular weight is 315 g/mol. The summed E-state index contributed by atoms with van der Waals surface area (Å²) in [5.41, 5.74) is 2.44. The van der Waals surface area contributed by atoms with Gasteiger partial charge in [0, 0.05) is 0 Å². The van der Waals surface area contributed by atoms with Crippen LogP contribution < -0.4 is 10.4 Å². The first-order chi connectivity index (χ1) is 11.3. The van der Waals surface area contributed by atoms with Crippen molar-refractivity contribution in [3.63, 3.8) is 0 Å². The Balaban J connectivity index is 1.84. The molecule has 0 aliphatic rings. The maximum absolute atomic E-state index is 6.19. The molecule has 0 unspecified atom stereocenters. The quantitative estimate of drug-likeness (QED) is 0.514. The molecule has 23 heavy (non-hydrogen) atoms. The van der Waals surface area contributed by atoms with Gasteiger partial charge in [0.25, 0.3) is 0 Å². The second kappa shape index (κ2) is 7.61. The Kier molecular flexibility index (Phi) is 5.07. The van der Waals surface area contributed by atoms with E-state index >= 15 is 0 Å². The summed E-state index contributed by atoms with van der Waals surface area (Å²) in [6.45, 7) is 2.11. The van der Waals surface area contributed by atoms with E-state index in [9.17, 15) is 0 Å². The normalized spacial score (nSPS) is 11.0. The highest BCUT2D eigenvalue weighted by Crippen LogP contribution is 2.09. The minimum Gasteiger partial charge on any atom is -0.538 e. The number of hydrogen-bond acceptors (Lipinski definition) is 1. The molecule has 3 aromatic carbocycles. The summed E-state index contributed by atoms with van der Waals surface area (Å²) >= 11 is 0. The molecular formula is C21H19OSi. The van der Waals surface area contributed by atoms with Crippen LogP contribution in [0, 0.1) is 6.92 Å². The van der Waals surface area contributed by atoms with Crippen LogP contribution in [-0.2, 0) is 4.43 Å². The largest absolute Gasteiger partial charge is 0.538 e. The van der Waals surface area contributed by atoms with Crippen LogP contribution in [0.15, 0.2) is 91.2 Å². The van der Waals surface area contributed by atoms with E-state index in [0.29, 0.717) is 0 Å². The third kappa shape index (κ3) is 3.99. The van der Waals surface area contributed by atoms with Gasteiger partial charge in [0.05, 0.1) is 6.26 Å². The molecule has 0 aliphatic heterocycles. The molecule has 0 N–H and O–H groups in total. The fraction of sp³-hybridized carbons (Fsp3) is 0.0476. The molecule has 3 aromatic rings. The predicted molar refractivity (Wildman–Crippen MR) is 99.2 cm³/mol. The van der Waals surface area contributed by atoms with Crippen molar-refractivity contribution in [2.45, 2.75) is 6.92 Å². The molecule has 113 valence electrons. The maximum Gasteiger partial charge on any atom is 0.352 e. The average Bonchev–Trinajstić information content (AvgIpc) is 2.62. The highest BCUT2D eigenvalue weighted by atomic mass is 28.3. The third-order valence-corrected chi connectivity index (χ3v) is 5.78. The lowest BCUT2D eigenvalue weighted by molar-refractivity contribution is 0.516. The molecule has 0 fully saturated rings. The van der Waals surface area contributed by atoms with Crippen LogP contribution in [0.25, 0.3) is 6.08 Å². The molecule has 0 saturated carbocycles. The van der Waals surface area contributed by atoms with Gasteiger partial charge in [-0.2, -0.15) is 0 Å². The van der Waals surface area contributed by atoms with Crippen LogP contribution in [0.3, 0.4) is 0 Å². The Morgan fingerprint density at radius 1 is 0.696 bits per heavy atom. The van der Waals surface area contributed by atoms with Crippen molar-refractivity contribution < 1.29 is 4.43 Å². The Labute approximate surface area is 139 Å². The molecule has 2 heteroatoms. The molecule has 3 rings (SSSR count). The number of aryl methyl sites for hydroxylation is 1. The van der Waals surface area contributed by atoms with Gasteiger partial charge in [-0.25, -0.2) is 0 Å². The van der Waals surface area contributed by atoms with Crippen molar-refractivity contribution in [3.8, 4) is 0 Å². The topological polar surface area (TPSA) is 9.23 Å². The molecule has 0 aliphatic carbocycles. The second-order valence-electron chi connectivity index (χ2n) is 5.34. The smallest absolute Gasteiger partial charge is 0.352 e. The third-order valence-electron chi connectivity index (χ3n) is 3.69. The molecule has 0 bridgehead atoms. The summed E-state index contributed by atoms with van der Waals surface area (Å²) < 4.78 is 6.19. The summed E-state index contributed by atoms with van der Waals surface area (Å²) in [7, 11) is -1.27. The molecule has 1 radical (unpaired) electrons. The van der Waals surface area contributed by atoms with E-state index in [1.807, 2.05) is 30.5 Å². The highest BCUT2D eigenvalue weighted by Gasteiger charge is 2.19. The van der Waals surface area contributed by atoms with E-state index in [-0.39, 0.29) is 0 Å². The summed E-state index contributed by atoms with van der Waals surface area (Å²) in [5, 5.41) is 2.50. The lowest BCUT2D eigenvalue weighted by Gasteiger charge is -2.14. The molecule has 0 saturated heterocycles. The van der Waals surface area contributed by atoms with Crippen molar-refractivity contribution in [2.75, 3.05) is 0 Å². The van der Waals surface area contributed by atoms with Crippen molar-refractivity contribution in [2.24, 2.45) is 0 Å². The molecular weight excluding hydrogens is 296 g/mol. The van der Waals surface area contributed by atoms with E-state index in [2.05, 4.69) is 73.7 Å². The van der Waals surface area contributed by atoms with Gasteiger partial charge in [0.2, 0.25) is 0 Å². The van der Waals surface area contributed by atoms with Gasteiger partial charge in [-0.05, 0) is 34.5 Å². The lowest BCUT2D eigenvalue weighted by atomic mass is 10.1. The fourth-order valence-corrected chi connectivity index (χ4v) is 4.23. The Morgan fingerprint density at radius 3 is 1.78 bits per heavy atom. The van der Waals surface area contributed by atoms with Crippen LogP contribution in [-0.4, -0.2) is 9.04 Å². The highest BCUT2D eigenvalue weighted by molar-refractivity contribution is 6.80. The first-order valence-electron chi connectivity index (χ1n) is 7.71. The Hall–Kier alpha value is -2.58. The first kappa shape index (κ1) is 15.3. The SMILES string of the molecule is Cc1ccccc1C=CO[Si](c1ccccc1)c1ccccc1. The van der Waals surface area contributed by atoms with E-state index < -0.39 is 9.04 Å². The number of rotatable bonds is 5. The maximum atomic E-state index is 6.19. The zero-order chi connectivity index (χ0) is 15.9. The van der Waals surface area contributed by atoms with E-state index in [4.69, 9.17) is 4.43 Å². The van der Waals surface area contributed by atoms with Crippen molar-refractivity contribution in [1.29, 1.82) is 0 Å². The van der Waals surface area contributed by atoms with Gasteiger partial charge in [-0.15, -0.1) is 0 Å². The van der Waals surface area contributed by atoms with Crippen LogP contribution >= 0.6 is 0 Å². The standard InChI is InChI=1S/C21H19OSi/c1-18-10-8-9-11-19(18)16-17-22-23(20-12-4-2-5-13-20)21-14-6-3-7-15-21/h2-17H,1H3. The van der Waals surface area contributed by atoms with Crippen molar-refractivity contribution in [3.05, 3.63) is 102 Å². The number of hydrogen-bond donors (Lipinski definition) is 0. The van der Waals surface area contributed by atoms with E-state index in [1.54, 1.807) is 0 Å². The van der Waals surface area contributed by atoms with Gasteiger partial charge in [0.1, 0.15) is 0 Å². The Bertz CT molecular complexity index is 727. The molecule has 0 atom stereocenters. The fourth-order valence-electron chi connectivity index (χ4n) is 2.43. The van der Waals surface area contributed by atoms with Gasteiger partial charge in [-0.3, -0.25) is 0 Å². The first-order valence-corrected chi connectivity index (χ1v) is 9.12. The van der Waals surface area contributed by atoms with E-state index in [1.165, 1.54) is 21.5 Å². The molecule has 0 heterocycles. The molecule has 1 nitrogen and oxygen atoms in total. The van der Waals surface area contributed by atoms with Gasteiger partial charge in [0.15, 0.2) is 0 Å². The number of benzene rings is 3. The zero-order valence-corrected chi connectivity index (χ0v) is 14.1. The van der Waals surface area contributed by atoms with Crippen LogP contribution in [0.1, 0.15) is 11.1 Å².